The molecule has 1 fully saturated rings. The van der Waals surface area contributed by atoms with E-state index < -0.39 is 0 Å². The Hall–Kier alpha value is -0.900. The van der Waals surface area contributed by atoms with Gasteiger partial charge in [0.05, 0.1) is 6.54 Å². The molecule has 0 aliphatic heterocycles. The maximum Gasteiger partial charge on any atom is 0.146 e. The van der Waals surface area contributed by atoms with Gasteiger partial charge < -0.3 is 9.88 Å². The lowest BCUT2D eigenvalue weighted by Gasteiger charge is -2.37. The van der Waals surface area contributed by atoms with Crippen molar-refractivity contribution in [3.63, 3.8) is 0 Å². The molecule has 0 spiro atoms. The first-order valence-electron chi connectivity index (χ1n) is 7.50. The zero-order valence-electron chi connectivity index (χ0n) is 12.8. The first-order chi connectivity index (χ1) is 8.97. The zero-order chi connectivity index (χ0) is 13.9. The van der Waals surface area contributed by atoms with Crippen LogP contribution in [0.1, 0.15) is 52.3 Å². The molecule has 0 amide bonds. The summed E-state index contributed by atoms with van der Waals surface area (Å²) in [6, 6.07) is 0. The minimum Gasteiger partial charge on any atom is -0.320 e. The highest BCUT2D eigenvalue weighted by Crippen LogP contribution is 2.39. The first-order valence-corrected chi connectivity index (χ1v) is 7.50. The second-order valence-electron chi connectivity index (χ2n) is 7.07. The van der Waals surface area contributed by atoms with Gasteiger partial charge in [0, 0.05) is 7.05 Å². The summed E-state index contributed by atoms with van der Waals surface area (Å²) in [5.41, 5.74) is 0.483. The third-order valence-electron chi connectivity index (χ3n) is 4.59. The molecular weight excluding hydrogens is 236 g/mol. The highest BCUT2D eigenvalue weighted by atomic mass is 15.3. The molecule has 0 saturated heterocycles. The molecule has 19 heavy (non-hydrogen) atoms. The lowest BCUT2D eigenvalue weighted by molar-refractivity contribution is 0.149. The molecule has 1 N–H and O–H groups in total. The van der Waals surface area contributed by atoms with Gasteiger partial charge in [-0.05, 0) is 49.5 Å². The van der Waals surface area contributed by atoms with Crippen molar-refractivity contribution in [2.75, 3.05) is 6.54 Å². The molecule has 0 atom stereocenters. The summed E-state index contributed by atoms with van der Waals surface area (Å²) in [7, 11) is 1.99. The van der Waals surface area contributed by atoms with Crippen LogP contribution < -0.4 is 5.32 Å². The van der Waals surface area contributed by atoms with Gasteiger partial charge in [0.15, 0.2) is 0 Å². The molecule has 0 aromatic carbocycles. The standard InChI is InChI=1S/C15H28N4/c1-15(2,3)13-7-5-12(6-8-13)9-16-10-14-18-17-11-19(14)4/h11-13,16H,5-10H2,1-4H3. The van der Waals surface area contributed by atoms with Gasteiger partial charge in [-0.15, -0.1) is 10.2 Å². The van der Waals surface area contributed by atoms with E-state index in [2.05, 4.69) is 36.3 Å². The van der Waals surface area contributed by atoms with E-state index in [0.717, 1.165) is 30.7 Å². The summed E-state index contributed by atoms with van der Waals surface area (Å²) < 4.78 is 1.98. The van der Waals surface area contributed by atoms with Crippen LogP contribution in [0.15, 0.2) is 6.33 Å². The Kier molecular flexibility index (Phi) is 4.61. The normalized spacial score (nSPS) is 24.6. The van der Waals surface area contributed by atoms with Crippen LogP contribution in [0.5, 0.6) is 0 Å². The van der Waals surface area contributed by atoms with Crippen LogP contribution >= 0.6 is 0 Å². The Bertz CT molecular complexity index is 383. The second-order valence-corrected chi connectivity index (χ2v) is 7.07. The fourth-order valence-corrected chi connectivity index (χ4v) is 3.09. The Balaban J connectivity index is 1.68. The van der Waals surface area contributed by atoms with E-state index in [0.29, 0.717) is 5.41 Å². The third kappa shape index (κ3) is 4.03. The van der Waals surface area contributed by atoms with Gasteiger partial charge in [-0.3, -0.25) is 0 Å². The lowest BCUT2D eigenvalue weighted by Crippen LogP contribution is -2.30. The summed E-state index contributed by atoms with van der Waals surface area (Å²) in [4.78, 5) is 0. The molecule has 2 rings (SSSR count). The Morgan fingerprint density at radius 2 is 1.95 bits per heavy atom. The topological polar surface area (TPSA) is 42.7 Å². The van der Waals surface area contributed by atoms with Crippen molar-refractivity contribution in [2.24, 2.45) is 24.3 Å². The molecule has 1 aliphatic rings. The Morgan fingerprint density at radius 1 is 1.26 bits per heavy atom. The zero-order valence-corrected chi connectivity index (χ0v) is 12.8. The number of rotatable bonds is 4. The van der Waals surface area contributed by atoms with E-state index in [1.54, 1.807) is 6.33 Å². The quantitative estimate of drug-likeness (QED) is 0.909. The van der Waals surface area contributed by atoms with Crippen LogP contribution in [0.25, 0.3) is 0 Å². The fraction of sp³-hybridized carbons (Fsp3) is 0.867. The number of hydrogen-bond donors (Lipinski definition) is 1. The van der Waals surface area contributed by atoms with Crippen LogP contribution in [-0.2, 0) is 13.6 Å². The van der Waals surface area contributed by atoms with E-state index >= 15 is 0 Å². The molecule has 0 radical (unpaired) electrons. The average Bonchev–Trinajstić information content (AvgIpc) is 2.75. The highest BCUT2D eigenvalue weighted by Gasteiger charge is 2.29. The van der Waals surface area contributed by atoms with Crippen LogP contribution in [-0.4, -0.2) is 21.3 Å². The van der Waals surface area contributed by atoms with E-state index in [1.165, 1.54) is 25.7 Å². The van der Waals surface area contributed by atoms with Crippen molar-refractivity contribution in [1.29, 1.82) is 0 Å². The van der Waals surface area contributed by atoms with Crippen molar-refractivity contribution in [3.05, 3.63) is 12.2 Å². The summed E-state index contributed by atoms with van der Waals surface area (Å²) in [6.07, 6.45) is 7.27. The molecule has 1 heterocycles. The predicted octanol–water partition coefficient (Wildman–Crippen LogP) is 2.76. The van der Waals surface area contributed by atoms with Gasteiger partial charge in [0.1, 0.15) is 12.2 Å². The molecule has 1 aromatic heterocycles. The second kappa shape index (κ2) is 6.04. The monoisotopic (exact) mass is 264 g/mol. The van der Waals surface area contributed by atoms with Crippen LogP contribution in [0.3, 0.4) is 0 Å². The summed E-state index contributed by atoms with van der Waals surface area (Å²) >= 11 is 0. The molecule has 0 bridgehead atoms. The maximum absolute atomic E-state index is 4.09. The van der Waals surface area contributed by atoms with Crippen molar-refractivity contribution >= 4 is 0 Å². The van der Waals surface area contributed by atoms with Crippen LogP contribution in [0, 0.1) is 17.3 Å². The number of nitrogens with zero attached hydrogens (tertiary/aromatic N) is 3. The molecule has 1 aromatic rings. The summed E-state index contributed by atoms with van der Waals surface area (Å²) in [5.74, 6) is 2.76. The highest BCUT2D eigenvalue weighted by molar-refractivity contribution is 4.85. The van der Waals surface area contributed by atoms with Crippen molar-refractivity contribution in [1.82, 2.24) is 20.1 Å². The SMILES string of the molecule is Cn1cnnc1CNCC1CCC(C(C)(C)C)CC1. The van der Waals surface area contributed by atoms with Crippen molar-refractivity contribution < 1.29 is 0 Å². The van der Waals surface area contributed by atoms with E-state index in [-0.39, 0.29) is 0 Å². The van der Waals surface area contributed by atoms with Gasteiger partial charge in [0.2, 0.25) is 0 Å². The van der Waals surface area contributed by atoms with Crippen LogP contribution in [0.4, 0.5) is 0 Å². The largest absolute Gasteiger partial charge is 0.320 e. The first kappa shape index (κ1) is 14.5. The van der Waals surface area contributed by atoms with Gasteiger partial charge in [-0.2, -0.15) is 0 Å². The number of hydrogen-bond acceptors (Lipinski definition) is 3. The van der Waals surface area contributed by atoms with Crippen molar-refractivity contribution in [3.8, 4) is 0 Å². The van der Waals surface area contributed by atoms with Gasteiger partial charge in [-0.1, -0.05) is 20.8 Å². The fourth-order valence-electron chi connectivity index (χ4n) is 3.09. The van der Waals surface area contributed by atoms with Gasteiger partial charge in [-0.25, -0.2) is 0 Å². The van der Waals surface area contributed by atoms with Gasteiger partial charge in [0.25, 0.3) is 0 Å². The van der Waals surface area contributed by atoms with E-state index in [4.69, 9.17) is 0 Å². The third-order valence-corrected chi connectivity index (χ3v) is 4.59. The summed E-state index contributed by atoms with van der Waals surface area (Å²) in [6.45, 7) is 9.08. The lowest BCUT2D eigenvalue weighted by atomic mass is 9.70. The minimum absolute atomic E-state index is 0.483. The minimum atomic E-state index is 0.483. The van der Waals surface area contributed by atoms with E-state index in [9.17, 15) is 0 Å². The molecule has 0 unspecified atom stereocenters. The van der Waals surface area contributed by atoms with Crippen LogP contribution in [0.2, 0.25) is 0 Å². The number of aryl methyl sites for hydroxylation is 1. The predicted molar refractivity (Wildman–Crippen MR) is 77.6 cm³/mol. The molecule has 4 nitrogen and oxygen atoms in total. The molecule has 1 saturated carbocycles. The molecule has 4 heteroatoms. The molecular formula is C15H28N4. The Morgan fingerprint density at radius 3 is 2.47 bits per heavy atom. The Labute approximate surface area is 117 Å². The smallest absolute Gasteiger partial charge is 0.146 e. The maximum atomic E-state index is 4.09. The van der Waals surface area contributed by atoms with E-state index in [1.807, 2.05) is 11.6 Å². The number of aromatic nitrogens is 3. The van der Waals surface area contributed by atoms with Gasteiger partial charge >= 0.3 is 0 Å². The molecule has 1 aliphatic carbocycles. The summed E-state index contributed by atoms with van der Waals surface area (Å²) in [5, 5.41) is 11.5. The number of nitrogens with one attached hydrogen (secondary N) is 1. The average molecular weight is 264 g/mol. The van der Waals surface area contributed by atoms with Crippen molar-refractivity contribution in [2.45, 2.75) is 53.0 Å². The molecule has 108 valence electrons.